The molecule has 1 heterocycles. The zero-order valence-corrected chi connectivity index (χ0v) is 18.9. The van der Waals surface area contributed by atoms with Gasteiger partial charge < -0.3 is 0 Å². The Morgan fingerprint density at radius 1 is 0.515 bits per heavy atom. The summed E-state index contributed by atoms with van der Waals surface area (Å²) in [5.41, 5.74) is 6.02. The second-order valence-corrected chi connectivity index (χ2v) is 9.07. The van der Waals surface area contributed by atoms with Gasteiger partial charge in [0.15, 0.2) is 0 Å². The molecule has 0 amide bonds. The summed E-state index contributed by atoms with van der Waals surface area (Å²) in [6.07, 6.45) is 1.95. The van der Waals surface area contributed by atoms with Gasteiger partial charge in [-0.15, -0.1) is 0 Å². The minimum atomic E-state index is 0.439. The van der Waals surface area contributed by atoms with Crippen molar-refractivity contribution < 1.29 is 0 Å². The normalized spacial score (nSPS) is 11.6. The van der Waals surface area contributed by atoms with Gasteiger partial charge in [-0.2, -0.15) is 0 Å². The molecule has 0 atom stereocenters. The average molecular weight is 424 g/mol. The highest BCUT2D eigenvalue weighted by molar-refractivity contribution is 6.18. The fraction of sp³-hybridized carbons (Fsp3) is 0.0938. The highest BCUT2D eigenvalue weighted by Gasteiger charge is 2.13. The van der Waals surface area contributed by atoms with Crippen LogP contribution in [-0.4, -0.2) is 4.98 Å². The van der Waals surface area contributed by atoms with E-state index >= 15 is 0 Å². The largest absolute Gasteiger partial charge is 0.256 e. The second-order valence-electron chi connectivity index (χ2n) is 9.07. The van der Waals surface area contributed by atoms with Gasteiger partial charge in [0.25, 0.3) is 0 Å². The third-order valence-electron chi connectivity index (χ3n) is 6.67. The first-order valence-electron chi connectivity index (χ1n) is 11.6. The van der Waals surface area contributed by atoms with Crippen LogP contribution in [0.25, 0.3) is 54.7 Å². The first-order valence-corrected chi connectivity index (χ1v) is 11.6. The number of nitrogens with zero attached hydrogens (tertiary/aromatic N) is 1. The molecule has 0 aliphatic rings. The van der Waals surface area contributed by atoms with Crippen LogP contribution < -0.4 is 0 Å². The van der Waals surface area contributed by atoms with Gasteiger partial charge in [-0.1, -0.05) is 98.8 Å². The van der Waals surface area contributed by atoms with Gasteiger partial charge in [0, 0.05) is 17.1 Å². The molecular formula is C32H25N. The fourth-order valence-electron chi connectivity index (χ4n) is 4.90. The maximum atomic E-state index is 4.88. The van der Waals surface area contributed by atoms with Crippen LogP contribution in [0.4, 0.5) is 0 Å². The van der Waals surface area contributed by atoms with E-state index in [9.17, 15) is 0 Å². The van der Waals surface area contributed by atoms with Crippen LogP contribution in [0, 0.1) is 0 Å². The minimum absolute atomic E-state index is 0.439. The molecular weight excluding hydrogens is 398 g/mol. The maximum Gasteiger partial charge on any atom is 0.0780 e. The summed E-state index contributed by atoms with van der Waals surface area (Å²) in [5.74, 6) is 0.439. The van der Waals surface area contributed by atoms with Crippen molar-refractivity contribution in [2.45, 2.75) is 19.8 Å². The molecule has 33 heavy (non-hydrogen) atoms. The van der Waals surface area contributed by atoms with E-state index < -0.39 is 0 Å². The van der Waals surface area contributed by atoms with Crippen LogP contribution >= 0.6 is 0 Å². The highest BCUT2D eigenvalue weighted by Crippen LogP contribution is 2.37. The third-order valence-corrected chi connectivity index (χ3v) is 6.67. The zero-order valence-electron chi connectivity index (χ0n) is 18.9. The van der Waals surface area contributed by atoms with Crippen LogP contribution in [0.5, 0.6) is 0 Å². The molecule has 6 aromatic rings. The van der Waals surface area contributed by atoms with Crippen LogP contribution in [-0.2, 0) is 0 Å². The van der Waals surface area contributed by atoms with Crippen molar-refractivity contribution in [2.24, 2.45) is 0 Å². The van der Waals surface area contributed by atoms with Gasteiger partial charge in [-0.05, 0) is 67.7 Å². The summed E-state index contributed by atoms with van der Waals surface area (Å²) in [6, 6.07) is 37.3. The van der Waals surface area contributed by atoms with Crippen molar-refractivity contribution in [1.29, 1.82) is 0 Å². The van der Waals surface area contributed by atoms with Crippen LogP contribution in [0.3, 0.4) is 0 Å². The smallest absolute Gasteiger partial charge is 0.0780 e. The quantitative estimate of drug-likeness (QED) is 0.259. The fourth-order valence-corrected chi connectivity index (χ4v) is 4.90. The molecule has 6 rings (SSSR count). The van der Waals surface area contributed by atoms with Crippen LogP contribution in [0.1, 0.15) is 25.3 Å². The van der Waals surface area contributed by atoms with E-state index in [1.54, 1.807) is 0 Å². The second kappa shape index (κ2) is 7.86. The van der Waals surface area contributed by atoms with E-state index in [2.05, 4.69) is 117 Å². The molecule has 158 valence electrons. The van der Waals surface area contributed by atoms with Crippen molar-refractivity contribution >= 4 is 32.3 Å². The number of pyridine rings is 1. The Hall–Kier alpha value is -3.97. The van der Waals surface area contributed by atoms with Gasteiger partial charge in [-0.25, -0.2) is 0 Å². The van der Waals surface area contributed by atoms with Gasteiger partial charge in [0.2, 0.25) is 0 Å². The predicted octanol–water partition coefficient (Wildman–Crippen LogP) is 9.00. The molecule has 0 unspecified atom stereocenters. The molecule has 0 radical (unpaired) electrons. The van der Waals surface area contributed by atoms with E-state index in [1.165, 1.54) is 54.6 Å². The monoisotopic (exact) mass is 423 g/mol. The molecule has 0 saturated carbocycles. The standard InChI is InChI=1S/C32H25N/c1-21(2)24-18-25(22-8-4-3-5-9-22)20-26(19-24)32-31-15-14-28-27-11-7-6-10-23(27)12-13-29(28)30(31)16-17-33-32/h3-21H,1-2H3. The molecule has 1 nitrogen and oxygen atoms in total. The lowest BCUT2D eigenvalue weighted by Gasteiger charge is -2.15. The van der Waals surface area contributed by atoms with E-state index in [0.717, 1.165) is 5.69 Å². The molecule has 1 heteroatoms. The summed E-state index contributed by atoms with van der Waals surface area (Å²) in [7, 11) is 0. The summed E-state index contributed by atoms with van der Waals surface area (Å²) in [5, 5.41) is 7.58. The maximum absolute atomic E-state index is 4.88. The third kappa shape index (κ3) is 3.37. The molecule has 0 aliphatic carbocycles. The highest BCUT2D eigenvalue weighted by atomic mass is 14.7. The lowest BCUT2D eigenvalue weighted by atomic mass is 9.91. The topological polar surface area (TPSA) is 12.9 Å². The van der Waals surface area contributed by atoms with Gasteiger partial charge in [-0.3, -0.25) is 4.98 Å². The number of fused-ring (bicyclic) bond motifs is 5. The lowest BCUT2D eigenvalue weighted by Crippen LogP contribution is -1.93. The Balaban J connectivity index is 1.62. The lowest BCUT2D eigenvalue weighted by molar-refractivity contribution is 0.867. The first-order chi connectivity index (χ1) is 16.2. The molecule has 0 aliphatic heterocycles. The first kappa shape index (κ1) is 19.7. The molecule has 5 aromatic carbocycles. The molecule has 1 aromatic heterocycles. The molecule has 0 fully saturated rings. The van der Waals surface area contributed by atoms with Gasteiger partial charge in [0.05, 0.1) is 5.69 Å². The van der Waals surface area contributed by atoms with Gasteiger partial charge >= 0.3 is 0 Å². The van der Waals surface area contributed by atoms with Crippen molar-refractivity contribution in [3.05, 3.63) is 115 Å². The Morgan fingerprint density at radius 2 is 1.18 bits per heavy atom. The molecule has 0 spiro atoms. The number of hydrogen-bond donors (Lipinski definition) is 0. The SMILES string of the molecule is CC(C)c1cc(-c2ccccc2)cc(-c2nccc3c2ccc2c4ccccc4ccc32)c1. The van der Waals surface area contributed by atoms with Crippen LogP contribution in [0.15, 0.2) is 109 Å². The van der Waals surface area contributed by atoms with E-state index in [1.807, 2.05) is 6.20 Å². The minimum Gasteiger partial charge on any atom is -0.256 e. The number of benzene rings is 5. The summed E-state index contributed by atoms with van der Waals surface area (Å²) in [4.78, 5) is 4.88. The Kier molecular flexibility index (Phi) is 4.69. The van der Waals surface area contributed by atoms with Crippen LogP contribution in [0.2, 0.25) is 0 Å². The van der Waals surface area contributed by atoms with Crippen molar-refractivity contribution in [3.63, 3.8) is 0 Å². The van der Waals surface area contributed by atoms with Gasteiger partial charge in [0.1, 0.15) is 0 Å². The number of aromatic nitrogens is 1. The van der Waals surface area contributed by atoms with Crippen molar-refractivity contribution in [3.8, 4) is 22.4 Å². The molecule has 0 saturated heterocycles. The number of hydrogen-bond acceptors (Lipinski definition) is 1. The number of rotatable bonds is 3. The van der Waals surface area contributed by atoms with E-state index in [-0.39, 0.29) is 0 Å². The van der Waals surface area contributed by atoms with E-state index in [0.29, 0.717) is 5.92 Å². The summed E-state index contributed by atoms with van der Waals surface area (Å²) in [6.45, 7) is 4.51. The molecule has 0 N–H and O–H groups in total. The van der Waals surface area contributed by atoms with E-state index in [4.69, 9.17) is 4.98 Å². The average Bonchev–Trinajstić information content (AvgIpc) is 2.88. The Bertz CT molecular complexity index is 1630. The zero-order chi connectivity index (χ0) is 22.4. The Morgan fingerprint density at radius 3 is 2.03 bits per heavy atom. The summed E-state index contributed by atoms with van der Waals surface area (Å²) >= 11 is 0. The van der Waals surface area contributed by atoms with Crippen molar-refractivity contribution in [2.75, 3.05) is 0 Å². The van der Waals surface area contributed by atoms with Crippen molar-refractivity contribution in [1.82, 2.24) is 4.98 Å². The molecule has 0 bridgehead atoms. The predicted molar refractivity (Wildman–Crippen MR) is 142 cm³/mol. The summed E-state index contributed by atoms with van der Waals surface area (Å²) < 4.78 is 0. The Labute approximate surface area is 194 Å².